The molecule has 2 bridgehead atoms. The largest absolute Gasteiger partial charge is 0.486 e. The lowest BCUT2D eigenvalue weighted by molar-refractivity contribution is -0.173. The fraction of sp³-hybridized carbons (Fsp3) is 0.409. The number of nitrogens with zero attached hydrogens (tertiary/aromatic N) is 1. The average molecular weight is 449 g/mol. The van der Waals surface area contributed by atoms with E-state index >= 15 is 0 Å². The third kappa shape index (κ3) is 4.55. The van der Waals surface area contributed by atoms with Crippen molar-refractivity contribution in [3.63, 3.8) is 0 Å². The zero-order valence-corrected chi connectivity index (χ0v) is 18.1. The summed E-state index contributed by atoms with van der Waals surface area (Å²) in [6.07, 6.45) is 4.50. The number of ketones is 1. The number of rotatable bonds is 9. The van der Waals surface area contributed by atoms with E-state index in [9.17, 15) is 9.59 Å². The summed E-state index contributed by atoms with van der Waals surface area (Å²) in [4.78, 5) is 28.6. The number of pyridine rings is 1. The smallest absolute Gasteiger partial charge is 0.258 e. The monoisotopic (exact) mass is 448 g/mol. The first-order chi connectivity index (χ1) is 14.3. The van der Waals surface area contributed by atoms with Gasteiger partial charge >= 0.3 is 0 Å². The van der Waals surface area contributed by atoms with E-state index < -0.39 is 0 Å². The van der Waals surface area contributed by atoms with Crippen LogP contribution in [0.4, 0.5) is 0 Å². The molecule has 5 rings (SSSR count). The molecule has 3 saturated carbocycles. The number of ether oxygens (including phenoxy) is 2. The Hall–Kier alpha value is -2.31. The first-order valence-corrected chi connectivity index (χ1v) is 10.5. The first kappa shape index (κ1) is 20.9. The Labute approximate surface area is 184 Å². The zero-order valence-electron chi connectivity index (χ0n) is 16.5. The Morgan fingerprint density at radius 1 is 1.03 bits per heavy atom. The van der Waals surface area contributed by atoms with E-state index in [-0.39, 0.29) is 35.9 Å². The summed E-state index contributed by atoms with van der Waals surface area (Å²) in [5.74, 6) is 0.967. The van der Waals surface area contributed by atoms with Crippen molar-refractivity contribution in [2.75, 3.05) is 13.2 Å². The van der Waals surface area contributed by atoms with Crippen molar-refractivity contribution >= 4 is 34.9 Å². The van der Waals surface area contributed by atoms with Gasteiger partial charge in [-0.3, -0.25) is 14.6 Å². The molecule has 3 aliphatic carbocycles. The molecule has 8 heteroatoms. The van der Waals surface area contributed by atoms with Gasteiger partial charge in [0.15, 0.2) is 12.4 Å². The second-order valence-corrected chi connectivity index (χ2v) is 9.18. The lowest BCUT2D eigenvalue weighted by Gasteiger charge is -2.70. The maximum Gasteiger partial charge on any atom is 0.258 e. The predicted octanol–water partition coefficient (Wildman–Crippen LogP) is 4.15. The van der Waals surface area contributed by atoms with E-state index in [4.69, 9.17) is 32.7 Å². The molecule has 0 radical (unpaired) electrons. The molecule has 1 amide bonds. The summed E-state index contributed by atoms with van der Waals surface area (Å²) < 4.78 is 11.0. The average Bonchev–Trinajstić information content (AvgIpc) is 2.66. The molecule has 6 nitrogen and oxygen atoms in total. The van der Waals surface area contributed by atoms with Crippen LogP contribution in [0.15, 0.2) is 36.5 Å². The van der Waals surface area contributed by atoms with Crippen LogP contribution in [0.5, 0.6) is 11.5 Å². The number of amides is 1. The van der Waals surface area contributed by atoms with Gasteiger partial charge in [-0.1, -0.05) is 23.2 Å². The van der Waals surface area contributed by atoms with E-state index in [0.717, 1.165) is 25.0 Å². The van der Waals surface area contributed by atoms with Crippen LogP contribution in [0.1, 0.15) is 31.4 Å². The van der Waals surface area contributed by atoms with Crippen LogP contribution in [0.3, 0.4) is 0 Å². The highest BCUT2D eigenvalue weighted by molar-refractivity contribution is 6.42. The summed E-state index contributed by atoms with van der Waals surface area (Å²) in [6, 6.07) is 8.53. The molecule has 0 saturated heterocycles. The molecule has 3 aliphatic rings. The van der Waals surface area contributed by atoms with Crippen LogP contribution in [0.25, 0.3) is 0 Å². The van der Waals surface area contributed by atoms with Gasteiger partial charge in [0.1, 0.15) is 18.1 Å². The summed E-state index contributed by atoms with van der Waals surface area (Å²) in [5.41, 5.74) is 0.701. The predicted molar refractivity (Wildman–Crippen MR) is 113 cm³/mol. The SMILES string of the molecule is Cc1ccc(OCC(=O)NC23CC(CC(=O)COc4ccc(Cl)c(Cl)c4)(C2)C3)cn1. The van der Waals surface area contributed by atoms with Crippen LogP contribution in [0.2, 0.25) is 10.0 Å². The number of carbonyl (C=O) groups is 2. The van der Waals surface area contributed by atoms with Gasteiger partial charge in [-0.25, -0.2) is 0 Å². The molecule has 1 aromatic carbocycles. The number of hydrogen-bond donors (Lipinski definition) is 1. The van der Waals surface area contributed by atoms with E-state index in [0.29, 0.717) is 28.0 Å². The molecular weight excluding hydrogens is 427 g/mol. The fourth-order valence-corrected chi connectivity index (χ4v) is 4.83. The molecule has 0 unspecified atom stereocenters. The zero-order chi connectivity index (χ0) is 21.4. The van der Waals surface area contributed by atoms with Gasteiger partial charge in [0.2, 0.25) is 0 Å². The molecule has 1 aromatic heterocycles. The number of Topliss-reactive ketones (excluding diaryl/α,β-unsaturated/α-hetero) is 1. The summed E-state index contributed by atoms with van der Waals surface area (Å²) in [5, 5.41) is 3.89. The maximum absolute atomic E-state index is 12.3. The van der Waals surface area contributed by atoms with Gasteiger partial charge in [0, 0.05) is 23.7 Å². The van der Waals surface area contributed by atoms with Gasteiger partial charge < -0.3 is 14.8 Å². The Kier molecular flexibility index (Phi) is 5.64. The molecule has 0 aliphatic heterocycles. The highest BCUT2D eigenvalue weighted by Crippen LogP contribution is 2.68. The van der Waals surface area contributed by atoms with Crippen LogP contribution in [-0.2, 0) is 9.59 Å². The Morgan fingerprint density at radius 2 is 1.73 bits per heavy atom. The van der Waals surface area contributed by atoms with Crippen LogP contribution in [0, 0.1) is 12.3 Å². The van der Waals surface area contributed by atoms with Gasteiger partial charge in [-0.05, 0) is 55.9 Å². The van der Waals surface area contributed by atoms with Crippen molar-refractivity contribution in [1.29, 1.82) is 0 Å². The molecule has 1 N–H and O–H groups in total. The lowest BCUT2D eigenvalue weighted by atomic mass is 9.38. The molecule has 30 heavy (non-hydrogen) atoms. The number of carbonyl (C=O) groups excluding carboxylic acids is 2. The number of aryl methyl sites for hydroxylation is 1. The molecule has 3 fully saturated rings. The Balaban J connectivity index is 1.17. The lowest BCUT2D eigenvalue weighted by Crippen LogP contribution is -2.75. The minimum Gasteiger partial charge on any atom is -0.486 e. The van der Waals surface area contributed by atoms with Crippen LogP contribution < -0.4 is 14.8 Å². The first-order valence-electron chi connectivity index (χ1n) is 9.73. The van der Waals surface area contributed by atoms with Crippen molar-refractivity contribution in [2.45, 2.75) is 38.1 Å². The summed E-state index contributed by atoms with van der Waals surface area (Å²) in [6.45, 7) is 1.84. The van der Waals surface area contributed by atoms with Crippen LogP contribution >= 0.6 is 23.2 Å². The van der Waals surface area contributed by atoms with E-state index in [2.05, 4.69) is 10.3 Å². The van der Waals surface area contributed by atoms with Gasteiger partial charge in [-0.2, -0.15) is 0 Å². The quantitative estimate of drug-likeness (QED) is 0.623. The van der Waals surface area contributed by atoms with E-state index in [1.165, 1.54) is 0 Å². The molecule has 0 atom stereocenters. The Morgan fingerprint density at radius 3 is 2.40 bits per heavy atom. The van der Waals surface area contributed by atoms with Crippen molar-refractivity contribution in [3.05, 3.63) is 52.3 Å². The topological polar surface area (TPSA) is 77.5 Å². The second kappa shape index (κ2) is 8.08. The number of hydrogen-bond acceptors (Lipinski definition) is 5. The minimum absolute atomic E-state index is 0.00248. The number of halogens is 2. The van der Waals surface area contributed by atoms with Gasteiger partial charge in [-0.15, -0.1) is 0 Å². The molecule has 158 valence electrons. The minimum atomic E-state index is -0.184. The fourth-order valence-electron chi connectivity index (χ4n) is 4.54. The summed E-state index contributed by atoms with van der Waals surface area (Å²) in [7, 11) is 0. The number of aromatic nitrogens is 1. The number of nitrogens with one attached hydrogen (secondary N) is 1. The number of benzene rings is 1. The normalized spacial score (nSPS) is 23.7. The molecular formula is C22H22Cl2N2O4. The van der Waals surface area contributed by atoms with Crippen molar-refractivity contribution in [1.82, 2.24) is 10.3 Å². The molecule has 1 heterocycles. The van der Waals surface area contributed by atoms with Gasteiger partial charge in [0.05, 0.1) is 16.2 Å². The van der Waals surface area contributed by atoms with Crippen LogP contribution in [-0.4, -0.2) is 35.4 Å². The highest BCUT2D eigenvalue weighted by atomic mass is 35.5. The highest BCUT2D eigenvalue weighted by Gasteiger charge is 2.68. The molecule has 0 spiro atoms. The third-order valence-corrected chi connectivity index (χ3v) is 6.40. The van der Waals surface area contributed by atoms with Crippen molar-refractivity contribution in [3.8, 4) is 11.5 Å². The maximum atomic E-state index is 12.3. The van der Waals surface area contributed by atoms with Crippen molar-refractivity contribution in [2.24, 2.45) is 5.41 Å². The van der Waals surface area contributed by atoms with Crippen molar-refractivity contribution < 1.29 is 19.1 Å². The van der Waals surface area contributed by atoms with E-state index in [1.807, 2.05) is 13.0 Å². The van der Waals surface area contributed by atoms with E-state index in [1.54, 1.807) is 30.5 Å². The second-order valence-electron chi connectivity index (χ2n) is 8.36. The van der Waals surface area contributed by atoms with Gasteiger partial charge in [0.25, 0.3) is 5.91 Å². The summed E-state index contributed by atoms with van der Waals surface area (Å²) >= 11 is 11.8. The third-order valence-electron chi connectivity index (χ3n) is 5.66. The Bertz CT molecular complexity index is 958. The molecule has 2 aromatic rings. The standard InChI is InChI=1S/C22H22Cl2N2O4/c1-14-2-3-17(8-25-14)30-10-20(28)26-22-11-21(12-22,13-22)7-15(27)9-29-16-4-5-18(23)19(24)6-16/h2-6,8H,7,9-13H2,1H3,(H,26,28).